The molecule has 0 aliphatic heterocycles. The number of hydrogen-bond donors (Lipinski definition) is 1. The van der Waals surface area contributed by atoms with Crippen LogP contribution >= 0.6 is 0 Å². The van der Waals surface area contributed by atoms with Crippen molar-refractivity contribution in [1.82, 2.24) is 9.55 Å². The Morgan fingerprint density at radius 2 is 1.84 bits per heavy atom. The second-order valence-electron chi connectivity index (χ2n) is 6.80. The zero-order valence-electron chi connectivity index (χ0n) is 16.8. The number of carbonyl (C=O) groups is 1. The number of unbranched alkanes of at least 4 members (excludes halogenated alkanes) is 1. The third kappa shape index (κ3) is 5.03. The lowest BCUT2D eigenvalue weighted by Crippen LogP contribution is -2.16. The standard InChI is InChI=1S/C25H21N3O3/c1-2-3-7-16-30-22-14-15-24-23(17-22)26-18-28(24)20-12-10-19(11-13-20)27-25(29)31-21-8-5-4-6-9-21/h1,4-6,8-15,17-18H,3,7,16H2,(H,27,29). The largest absolute Gasteiger partial charge is 0.493 e. The maximum Gasteiger partial charge on any atom is 0.417 e. The molecular formula is C25H21N3O3. The molecule has 0 bridgehead atoms. The number of anilines is 1. The summed E-state index contributed by atoms with van der Waals surface area (Å²) in [7, 11) is 0. The topological polar surface area (TPSA) is 65.4 Å². The maximum atomic E-state index is 12.0. The van der Waals surface area contributed by atoms with Crippen molar-refractivity contribution < 1.29 is 14.3 Å². The van der Waals surface area contributed by atoms with E-state index in [0.717, 1.165) is 28.9 Å². The molecule has 0 radical (unpaired) electrons. The number of para-hydroxylation sites is 1. The smallest absolute Gasteiger partial charge is 0.417 e. The SMILES string of the molecule is C#CCCCOc1ccc2c(c1)ncn2-c1ccc(NC(=O)Oc2ccccc2)cc1. The van der Waals surface area contributed by atoms with Crippen molar-refractivity contribution in [2.45, 2.75) is 12.8 Å². The van der Waals surface area contributed by atoms with Crippen molar-refractivity contribution >= 4 is 22.8 Å². The van der Waals surface area contributed by atoms with Crippen LogP contribution in [0, 0.1) is 12.3 Å². The maximum absolute atomic E-state index is 12.0. The minimum atomic E-state index is -0.540. The second kappa shape index (κ2) is 9.51. The molecule has 0 saturated heterocycles. The van der Waals surface area contributed by atoms with Gasteiger partial charge in [0, 0.05) is 23.9 Å². The van der Waals surface area contributed by atoms with E-state index in [1.807, 2.05) is 53.1 Å². The van der Waals surface area contributed by atoms with Crippen LogP contribution in [0.5, 0.6) is 11.5 Å². The fraction of sp³-hybridized carbons (Fsp3) is 0.120. The van der Waals surface area contributed by atoms with Crippen molar-refractivity contribution in [2.24, 2.45) is 0 Å². The zero-order valence-corrected chi connectivity index (χ0v) is 16.8. The Morgan fingerprint density at radius 1 is 1.03 bits per heavy atom. The van der Waals surface area contributed by atoms with Gasteiger partial charge in [-0.1, -0.05) is 18.2 Å². The van der Waals surface area contributed by atoms with E-state index in [1.165, 1.54) is 0 Å². The number of imidazole rings is 1. The summed E-state index contributed by atoms with van der Waals surface area (Å²) in [5, 5.41) is 2.72. The summed E-state index contributed by atoms with van der Waals surface area (Å²) in [5.41, 5.74) is 3.35. The first-order chi connectivity index (χ1) is 15.2. The summed E-state index contributed by atoms with van der Waals surface area (Å²) in [5.74, 6) is 3.86. The van der Waals surface area contributed by atoms with Gasteiger partial charge in [0.05, 0.1) is 17.6 Å². The van der Waals surface area contributed by atoms with Crippen molar-refractivity contribution in [3.05, 3.63) is 79.1 Å². The lowest BCUT2D eigenvalue weighted by Gasteiger charge is -2.09. The van der Waals surface area contributed by atoms with Crippen LogP contribution in [0.15, 0.2) is 79.1 Å². The number of terminal acetylenes is 1. The molecule has 4 rings (SSSR count). The van der Waals surface area contributed by atoms with E-state index < -0.39 is 6.09 Å². The molecule has 1 amide bonds. The molecule has 0 atom stereocenters. The van der Waals surface area contributed by atoms with E-state index in [4.69, 9.17) is 15.9 Å². The molecule has 1 N–H and O–H groups in total. The Labute approximate surface area is 180 Å². The van der Waals surface area contributed by atoms with Gasteiger partial charge in [-0.3, -0.25) is 9.88 Å². The molecule has 0 spiro atoms. The molecule has 6 heteroatoms. The molecular weight excluding hydrogens is 390 g/mol. The number of fused-ring (bicyclic) bond motifs is 1. The Balaban J connectivity index is 1.42. The fourth-order valence-corrected chi connectivity index (χ4v) is 3.10. The van der Waals surface area contributed by atoms with Crippen LogP contribution in [-0.2, 0) is 0 Å². The average molecular weight is 411 g/mol. The minimum absolute atomic E-state index is 0.487. The summed E-state index contributed by atoms with van der Waals surface area (Å²) < 4.78 is 12.9. The Kier molecular flexibility index (Phi) is 6.15. The van der Waals surface area contributed by atoms with Crippen LogP contribution in [0.4, 0.5) is 10.5 Å². The number of benzene rings is 3. The number of nitrogens with one attached hydrogen (secondary N) is 1. The summed E-state index contributed by atoms with van der Waals surface area (Å²) in [6.07, 6.45) is 8.00. The van der Waals surface area contributed by atoms with Gasteiger partial charge in [-0.15, -0.1) is 12.3 Å². The second-order valence-corrected chi connectivity index (χ2v) is 6.80. The quantitative estimate of drug-likeness (QED) is 0.325. The third-order valence-electron chi connectivity index (χ3n) is 4.60. The van der Waals surface area contributed by atoms with E-state index in [1.54, 1.807) is 30.6 Å². The number of carbonyl (C=O) groups excluding carboxylic acids is 1. The van der Waals surface area contributed by atoms with Crippen LogP contribution in [0.3, 0.4) is 0 Å². The first kappa shape index (κ1) is 20.0. The predicted octanol–water partition coefficient (Wildman–Crippen LogP) is 5.43. The highest BCUT2D eigenvalue weighted by molar-refractivity contribution is 5.86. The number of nitrogens with zero attached hydrogens (tertiary/aromatic N) is 2. The molecule has 0 aliphatic carbocycles. The lowest BCUT2D eigenvalue weighted by molar-refractivity contribution is 0.215. The number of amides is 1. The normalized spacial score (nSPS) is 10.4. The van der Waals surface area contributed by atoms with E-state index in [0.29, 0.717) is 24.5 Å². The first-order valence-electron chi connectivity index (χ1n) is 9.90. The van der Waals surface area contributed by atoms with E-state index >= 15 is 0 Å². The number of rotatable bonds is 7. The molecule has 154 valence electrons. The van der Waals surface area contributed by atoms with Gasteiger partial charge in [0.1, 0.15) is 17.8 Å². The first-order valence-corrected chi connectivity index (χ1v) is 9.90. The molecule has 0 fully saturated rings. The minimum Gasteiger partial charge on any atom is -0.493 e. The Bertz CT molecular complexity index is 1210. The lowest BCUT2D eigenvalue weighted by atomic mass is 10.2. The molecule has 0 saturated carbocycles. The van der Waals surface area contributed by atoms with Gasteiger partial charge in [-0.25, -0.2) is 9.78 Å². The molecule has 3 aromatic carbocycles. The van der Waals surface area contributed by atoms with Crippen molar-refractivity contribution in [1.29, 1.82) is 0 Å². The summed E-state index contributed by atoms with van der Waals surface area (Å²) in [6.45, 7) is 0.581. The molecule has 1 aromatic heterocycles. The number of ether oxygens (including phenoxy) is 2. The zero-order chi connectivity index (χ0) is 21.5. The van der Waals surface area contributed by atoms with Gasteiger partial charge in [0.25, 0.3) is 0 Å². The monoisotopic (exact) mass is 411 g/mol. The fourth-order valence-electron chi connectivity index (χ4n) is 3.10. The van der Waals surface area contributed by atoms with Gasteiger partial charge in [0.15, 0.2) is 0 Å². The van der Waals surface area contributed by atoms with Crippen LogP contribution in [-0.4, -0.2) is 22.3 Å². The Hall–Kier alpha value is -4.24. The van der Waals surface area contributed by atoms with Crippen LogP contribution < -0.4 is 14.8 Å². The van der Waals surface area contributed by atoms with Gasteiger partial charge in [-0.2, -0.15) is 0 Å². The highest BCUT2D eigenvalue weighted by Gasteiger charge is 2.08. The highest BCUT2D eigenvalue weighted by Crippen LogP contribution is 2.24. The summed E-state index contributed by atoms with van der Waals surface area (Å²) in [4.78, 5) is 16.5. The van der Waals surface area contributed by atoms with Crippen molar-refractivity contribution in [3.8, 4) is 29.5 Å². The predicted molar refractivity (Wildman–Crippen MR) is 121 cm³/mol. The van der Waals surface area contributed by atoms with E-state index in [2.05, 4.69) is 16.2 Å². The van der Waals surface area contributed by atoms with Crippen molar-refractivity contribution in [2.75, 3.05) is 11.9 Å². The van der Waals surface area contributed by atoms with Crippen LogP contribution in [0.25, 0.3) is 16.7 Å². The Morgan fingerprint density at radius 3 is 2.61 bits per heavy atom. The van der Waals surface area contributed by atoms with Gasteiger partial charge in [-0.05, 0) is 55.0 Å². The molecule has 0 aliphatic rings. The van der Waals surface area contributed by atoms with Gasteiger partial charge in [0.2, 0.25) is 0 Å². The van der Waals surface area contributed by atoms with Crippen LogP contribution in [0.2, 0.25) is 0 Å². The molecule has 6 nitrogen and oxygen atoms in total. The van der Waals surface area contributed by atoms with E-state index in [-0.39, 0.29) is 0 Å². The molecule has 4 aromatic rings. The molecule has 1 heterocycles. The third-order valence-corrected chi connectivity index (χ3v) is 4.60. The van der Waals surface area contributed by atoms with Gasteiger partial charge < -0.3 is 9.47 Å². The van der Waals surface area contributed by atoms with E-state index in [9.17, 15) is 4.79 Å². The molecule has 0 unspecified atom stereocenters. The van der Waals surface area contributed by atoms with Crippen molar-refractivity contribution in [3.63, 3.8) is 0 Å². The number of hydrogen-bond acceptors (Lipinski definition) is 4. The summed E-state index contributed by atoms with van der Waals surface area (Å²) >= 11 is 0. The molecule has 31 heavy (non-hydrogen) atoms. The highest BCUT2D eigenvalue weighted by atomic mass is 16.6. The summed E-state index contributed by atoms with van der Waals surface area (Å²) in [6, 6.07) is 22.2. The number of aromatic nitrogens is 2. The van der Waals surface area contributed by atoms with Crippen LogP contribution in [0.1, 0.15) is 12.8 Å². The van der Waals surface area contributed by atoms with Gasteiger partial charge >= 0.3 is 6.09 Å². The average Bonchev–Trinajstić information content (AvgIpc) is 3.21.